The number of carbonyl (C=O) groups excluding carboxylic acids is 1. The summed E-state index contributed by atoms with van der Waals surface area (Å²) >= 11 is 0. The molecule has 120 valence electrons. The lowest BCUT2D eigenvalue weighted by Crippen LogP contribution is -2.46. The number of carboxylic acids is 1. The molecular weight excluding hydrogens is 270 g/mol. The van der Waals surface area contributed by atoms with Gasteiger partial charge in [-0.2, -0.15) is 0 Å². The lowest BCUT2D eigenvalue weighted by atomic mass is 9.81. The topological polar surface area (TPSA) is 72.9 Å². The van der Waals surface area contributed by atoms with Crippen LogP contribution in [0.1, 0.15) is 32.6 Å². The number of rotatable bonds is 5. The highest BCUT2D eigenvalue weighted by Gasteiger charge is 2.42. The summed E-state index contributed by atoms with van der Waals surface area (Å²) in [5.74, 6) is -0.524. The molecule has 0 bridgehead atoms. The average molecular weight is 297 g/mol. The minimum atomic E-state index is -0.794. The summed E-state index contributed by atoms with van der Waals surface area (Å²) in [5, 5.41) is 12.2. The van der Waals surface area contributed by atoms with Crippen LogP contribution in [0.5, 0.6) is 0 Å². The summed E-state index contributed by atoms with van der Waals surface area (Å²) in [6.07, 6.45) is 3.74. The Kier molecular flexibility index (Phi) is 5.58. The van der Waals surface area contributed by atoms with E-state index in [0.717, 1.165) is 51.9 Å². The van der Waals surface area contributed by atoms with Crippen molar-refractivity contribution in [1.82, 2.24) is 15.1 Å². The summed E-state index contributed by atoms with van der Waals surface area (Å²) in [7, 11) is 0. The van der Waals surface area contributed by atoms with Gasteiger partial charge >= 0.3 is 5.97 Å². The van der Waals surface area contributed by atoms with E-state index in [-0.39, 0.29) is 17.9 Å². The predicted octanol–water partition coefficient (Wildman–Crippen LogP) is 0.385. The normalized spacial score (nSPS) is 27.6. The molecule has 2 saturated heterocycles. The predicted molar refractivity (Wildman–Crippen MR) is 80.1 cm³/mol. The molecule has 2 rings (SSSR count). The van der Waals surface area contributed by atoms with Crippen LogP contribution in [0.4, 0.5) is 0 Å². The van der Waals surface area contributed by atoms with E-state index < -0.39 is 5.97 Å². The van der Waals surface area contributed by atoms with Crippen molar-refractivity contribution in [2.24, 2.45) is 5.41 Å². The molecular formula is C15H27N3O3. The van der Waals surface area contributed by atoms with Gasteiger partial charge in [0.25, 0.3) is 0 Å². The molecule has 0 saturated carbocycles. The molecule has 0 aliphatic carbocycles. The number of hydrogen-bond donors (Lipinski definition) is 2. The quantitative estimate of drug-likeness (QED) is 0.768. The molecule has 2 fully saturated rings. The van der Waals surface area contributed by atoms with Crippen LogP contribution < -0.4 is 5.32 Å². The Morgan fingerprint density at radius 3 is 2.67 bits per heavy atom. The van der Waals surface area contributed by atoms with Crippen molar-refractivity contribution in [1.29, 1.82) is 0 Å². The van der Waals surface area contributed by atoms with Crippen LogP contribution in [0, 0.1) is 5.41 Å². The molecule has 1 amide bonds. The maximum absolute atomic E-state index is 12.9. The number of carboxylic acid groups (broad SMARTS) is 1. The number of carbonyl (C=O) groups is 2. The van der Waals surface area contributed by atoms with Gasteiger partial charge in [0.05, 0.1) is 12.0 Å². The van der Waals surface area contributed by atoms with Gasteiger partial charge in [-0.1, -0.05) is 13.3 Å². The maximum Gasteiger partial charge on any atom is 0.317 e. The van der Waals surface area contributed by atoms with Crippen LogP contribution in [-0.2, 0) is 9.59 Å². The fourth-order valence-electron chi connectivity index (χ4n) is 3.58. The zero-order valence-electron chi connectivity index (χ0n) is 12.9. The van der Waals surface area contributed by atoms with Gasteiger partial charge in [-0.25, -0.2) is 0 Å². The van der Waals surface area contributed by atoms with Crippen molar-refractivity contribution < 1.29 is 14.7 Å². The Balaban J connectivity index is 1.97. The second-order valence-electron chi connectivity index (χ2n) is 6.27. The molecule has 0 spiro atoms. The number of aliphatic carboxylic acids is 1. The molecule has 21 heavy (non-hydrogen) atoms. The zero-order chi connectivity index (χ0) is 15.3. The highest BCUT2D eigenvalue weighted by molar-refractivity contribution is 5.83. The Morgan fingerprint density at radius 2 is 2.05 bits per heavy atom. The van der Waals surface area contributed by atoms with Crippen LogP contribution in [0.3, 0.4) is 0 Å². The van der Waals surface area contributed by atoms with Crippen molar-refractivity contribution in [2.45, 2.75) is 32.6 Å². The third-order valence-corrected chi connectivity index (χ3v) is 4.66. The van der Waals surface area contributed by atoms with Gasteiger partial charge in [0.2, 0.25) is 5.91 Å². The molecule has 0 aromatic carbocycles. The van der Waals surface area contributed by atoms with E-state index in [1.54, 1.807) is 0 Å². The van der Waals surface area contributed by atoms with E-state index in [0.29, 0.717) is 13.1 Å². The van der Waals surface area contributed by atoms with E-state index in [2.05, 4.69) is 12.2 Å². The molecule has 0 aromatic heterocycles. The van der Waals surface area contributed by atoms with Crippen LogP contribution in [0.25, 0.3) is 0 Å². The first-order valence-electron chi connectivity index (χ1n) is 8.02. The second kappa shape index (κ2) is 7.22. The molecule has 0 aromatic rings. The van der Waals surface area contributed by atoms with Crippen LogP contribution >= 0.6 is 0 Å². The number of nitrogens with one attached hydrogen (secondary N) is 1. The average Bonchev–Trinajstić information content (AvgIpc) is 2.79. The van der Waals surface area contributed by atoms with E-state index in [9.17, 15) is 9.59 Å². The monoisotopic (exact) mass is 297 g/mol. The number of amides is 1. The van der Waals surface area contributed by atoms with Crippen molar-refractivity contribution >= 4 is 11.9 Å². The molecule has 6 heteroatoms. The highest BCUT2D eigenvalue weighted by atomic mass is 16.4. The van der Waals surface area contributed by atoms with Gasteiger partial charge in [-0.15, -0.1) is 0 Å². The standard InChI is InChI=1S/C15H27N3O3/c1-2-4-15(5-6-16-12-15)14(21)18-8-3-7-17(9-10-18)11-13(19)20/h16H,2-12H2,1H3,(H,19,20). The molecule has 2 aliphatic rings. The third kappa shape index (κ3) is 3.95. The number of hydrogen-bond acceptors (Lipinski definition) is 4. The first kappa shape index (κ1) is 16.2. The Bertz CT molecular complexity index is 380. The third-order valence-electron chi connectivity index (χ3n) is 4.66. The minimum Gasteiger partial charge on any atom is -0.480 e. The van der Waals surface area contributed by atoms with Gasteiger partial charge in [-0.05, 0) is 25.8 Å². The highest BCUT2D eigenvalue weighted by Crippen LogP contribution is 2.33. The fourth-order valence-corrected chi connectivity index (χ4v) is 3.58. The SMILES string of the molecule is CCCC1(C(=O)N2CCCN(CC(=O)O)CC2)CCNC1. The van der Waals surface area contributed by atoms with Crippen molar-refractivity contribution in [3.63, 3.8) is 0 Å². The summed E-state index contributed by atoms with van der Waals surface area (Å²) in [6.45, 7) is 6.73. The van der Waals surface area contributed by atoms with E-state index >= 15 is 0 Å². The maximum atomic E-state index is 12.9. The van der Waals surface area contributed by atoms with Gasteiger partial charge in [0, 0.05) is 32.7 Å². The Morgan fingerprint density at radius 1 is 1.24 bits per heavy atom. The Labute approximate surface area is 126 Å². The van der Waals surface area contributed by atoms with Crippen molar-refractivity contribution in [2.75, 3.05) is 45.8 Å². The van der Waals surface area contributed by atoms with Crippen molar-refractivity contribution in [3.05, 3.63) is 0 Å². The van der Waals surface area contributed by atoms with Crippen molar-refractivity contribution in [3.8, 4) is 0 Å². The van der Waals surface area contributed by atoms with Gasteiger partial charge in [0.1, 0.15) is 0 Å². The summed E-state index contributed by atoms with van der Waals surface area (Å²) in [6, 6.07) is 0. The minimum absolute atomic E-state index is 0.0731. The summed E-state index contributed by atoms with van der Waals surface area (Å²) in [4.78, 5) is 27.6. The first-order valence-corrected chi connectivity index (χ1v) is 8.02. The van der Waals surface area contributed by atoms with Gasteiger partial charge in [-0.3, -0.25) is 14.5 Å². The lowest BCUT2D eigenvalue weighted by molar-refractivity contribution is -0.141. The van der Waals surface area contributed by atoms with Crippen LogP contribution in [0.2, 0.25) is 0 Å². The summed E-state index contributed by atoms with van der Waals surface area (Å²) in [5.41, 5.74) is -0.225. The second-order valence-corrected chi connectivity index (χ2v) is 6.27. The molecule has 2 N–H and O–H groups in total. The number of nitrogens with zero attached hydrogens (tertiary/aromatic N) is 2. The van der Waals surface area contributed by atoms with E-state index in [4.69, 9.17) is 5.11 Å². The fraction of sp³-hybridized carbons (Fsp3) is 0.867. The molecule has 1 unspecified atom stereocenters. The molecule has 2 heterocycles. The van der Waals surface area contributed by atoms with Crippen LogP contribution in [0.15, 0.2) is 0 Å². The largest absolute Gasteiger partial charge is 0.480 e. The zero-order valence-corrected chi connectivity index (χ0v) is 12.9. The van der Waals surface area contributed by atoms with Crippen LogP contribution in [-0.4, -0.2) is 72.6 Å². The molecule has 6 nitrogen and oxygen atoms in total. The van der Waals surface area contributed by atoms with E-state index in [1.165, 1.54) is 0 Å². The Hall–Kier alpha value is -1.14. The van der Waals surface area contributed by atoms with E-state index in [1.807, 2.05) is 9.80 Å². The summed E-state index contributed by atoms with van der Waals surface area (Å²) < 4.78 is 0. The molecule has 2 aliphatic heterocycles. The van der Waals surface area contributed by atoms with Gasteiger partial charge < -0.3 is 15.3 Å². The first-order chi connectivity index (χ1) is 10.1. The van der Waals surface area contributed by atoms with Gasteiger partial charge in [0.15, 0.2) is 0 Å². The lowest BCUT2D eigenvalue weighted by Gasteiger charge is -2.33. The smallest absolute Gasteiger partial charge is 0.317 e. The molecule has 0 radical (unpaired) electrons. The molecule has 1 atom stereocenters.